The molecule has 6 heteroatoms. The van der Waals surface area contributed by atoms with Gasteiger partial charge in [-0.05, 0) is 0 Å². The SMILES string of the molecule is O=C(O)C(Cc1cscn1)C(=O)O. The Kier molecular flexibility index (Phi) is 2.97. The fourth-order valence-electron chi connectivity index (χ4n) is 0.828. The second-order valence-corrected chi connectivity index (χ2v) is 3.13. The highest BCUT2D eigenvalue weighted by Crippen LogP contribution is 2.09. The number of aromatic nitrogens is 1. The lowest BCUT2D eigenvalue weighted by Gasteiger charge is -2.03. The molecule has 0 aliphatic rings. The summed E-state index contributed by atoms with van der Waals surface area (Å²) >= 11 is 1.31. The summed E-state index contributed by atoms with van der Waals surface area (Å²) < 4.78 is 0. The van der Waals surface area contributed by atoms with Crippen molar-refractivity contribution < 1.29 is 19.8 Å². The fourth-order valence-corrected chi connectivity index (χ4v) is 1.40. The molecule has 0 saturated heterocycles. The summed E-state index contributed by atoms with van der Waals surface area (Å²) in [5.74, 6) is -4.07. The highest BCUT2D eigenvalue weighted by molar-refractivity contribution is 7.07. The van der Waals surface area contributed by atoms with Crippen molar-refractivity contribution in [1.82, 2.24) is 4.98 Å². The molecule has 0 radical (unpaired) electrons. The van der Waals surface area contributed by atoms with Crippen molar-refractivity contribution in [1.29, 1.82) is 0 Å². The van der Waals surface area contributed by atoms with Crippen LogP contribution in [-0.4, -0.2) is 27.1 Å². The fraction of sp³-hybridized carbons (Fsp3) is 0.286. The molecule has 1 heterocycles. The van der Waals surface area contributed by atoms with Gasteiger partial charge in [0.25, 0.3) is 0 Å². The summed E-state index contributed by atoms with van der Waals surface area (Å²) in [7, 11) is 0. The Balaban J connectivity index is 2.69. The highest BCUT2D eigenvalue weighted by atomic mass is 32.1. The minimum absolute atomic E-state index is 0.0613. The van der Waals surface area contributed by atoms with Crippen molar-refractivity contribution in [2.75, 3.05) is 0 Å². The van der Waals surface area contributed by atoms with Crippen molar-refractivity contribution in [2.24, 2.45) is 5.92 Å². The van der Waals surface area contributed by atoms with Crippen molar-refractivity contribution >= 4 is 23.3 Å². The third kappa shape index (κ3) is 2.51. The second-order valence-electron chi connectivity index (χ2n) is 2.41. The molecule has 0 aromatic carbocycles. The van der Waals surface area contributed by atoms with E-state index in [2.05, 4.69) is 4.98 Å². The smallest absolute Gasteiger partial charge is 0.318 e. The summed E-state index contributed by atoms with van der Waals surface area (Å²) in [6, 6.07) is 0. The normalized spacial score (nSPS) is 10.2. The van der Waals surface area contributed by atoms with Gasteiger partial charge in [0.05, 0.1) is 11.2 Å². The molecule has 0 saturated carbocycles. The van der Waals surface area contributed by atoms with Crippen molar-refractivity contribution in [3.63, 3.8) is 0 Å². The van der Waals surface area contributed by atoms with E-state index >= 15 is 0 Å². The number of nitrogens with zero attached hydrogens (tertiary/aromatic N) is 1. The summed E-state index contributed by atoms with van der Waals surface area (Å²) in [5, 5.41) is 18.7. The lowest BCUT2D eigenvalue weighted by atomic mass is 10.1. The van der Waals surface area contributed by atoms with Crippen LogP contribution < -0.4 is 0 Å². The van der Waals surface area contributed by atoms with Crippen LogP contribution in [0, 0.1) is 5.92 Å². The molecule has 1 rings (SSSR count). The summed E-state index contributed by atoms with van der Waals surface area (Å²) in [5.41, 5.74) is 2.04. The third-order valence-corrected chi connectivity index (χ3v) is 2.13. The number of thiazole rings is 1. The molecule has 1 aromatic rings. The van der Waals surface area contributed by atoms with E-state index in [9.17, 15) is 9.59 Å². The van der Waals surface area contributed by atoms with Gasteiger partial charge in [-0.1, -0.05) is 0 Å². The first-order valence-corrected chi connectivity index (χ1v) is 4.38. The van der Waals surface area contributed by atoms with Gasteiger partial charge < -0.3 is 10.2 Å². The number of carboxylic acid groups (broad SMARTS) is 2. The molecule has 0 amide bonds. The van der Waals surface area contributed by atoms with Crippen LogP contribution in [0.1, 0.15) is 5.69 Å². The molecular weight excluding hydrogens is 194 g/mol. The highest BCUT2D eigenvalue weighted by Gasteiger charge is 2.26. The van der Waals surface area contributed by atoms with Gasteiger partial charge >= 0.3 is 11.9 Å². The lowest BCUT2D eigenvalue weighted by molar-refractivity contribution is -0.154. The van der Waals surface area contributed by atoms with Crippen LogP contribution in [0.5, 0.6) is 0 Å². The maximum Gasteiger partial charge on any atom is 0.318 e. The standard InChI is InChI=1S/C7H7NO4S/c9-6(10)5(7(11)12)1-4-2-13-3-8-4/h2-3,5H,1H2,(H,9,10)(H,11,12). The number of carboxylic acids is 2. The molecule has 5 nitrogen and oxygen atoms in total. The second kappa shape index (κ2) is 3.99. The monoisotopic (exact) mass is 201 g/mol. The van der Waals surface area contributed by atoms with Gasteiger partial charge in [-0.3, -0.25) is 9.59 Å². The zero-order valence-electron chi connectivity index (χ0n) is 6.51. The van der Waals surface area contributed by atoms with Crippen LogP contribution in [0.3, 0.4) is 0 Å². The molecule has 0 aliphatic carbocycles. The van der Waals surface area contributed by atoms with E-state index in [0.29, 0.717) is 5.69 Å². The van der Waals surface area contributed by atoms with E-state index in [1.54, 1.807) is 5.38 Å². The molecule has 0 unspecified atom stereocenters. The zero-order valence-corrected chi connectivity index (χ0v) is 7.32. The average molecular weight is 201 g/mol. The van der Waals surface area contributed by atoms with Crippen LogP contribution in [0.15, 0.2) is 10.9 Å². The van der Waals surface area contributed by atoms with E-state index in [1.165, 1.54) is 16.8 Å². The van der Waals surface area contributed by atoms with Gasteiger partial charge in [0.2, 0.25) is 0 Å². The molecule has 70 valence electrons. The van der Waals surface area contributed by atoms with Gasteiger partial charge in [-0.25, -0.2) is 4.98 Å². The average Bonchev–Trinajstić information content (AvgIpc) is 2.50. The number of hydrogen-bond acceptors (Lipinski definition) is 4. The van der Waals surface area contributed by atoms with Gasteiger partial charge in [-0.15, -0.1) is 11.3 Å². The van der Waals surface area contributed by atoms with Gasteiger partial charge in [0.15, 0.2) is 5.92 Å². The summed E-state index contributed by atoms with van der Waals surface area (Å²) in [6.07, 6.45) is -0.0613. The molecule has 0 bridgehead atoms. The molecule has 0 aliphatic heterocycles. The molecular formula is C7H7NO4S. The molecule has 1 aromatic heterocycles. The Bertz CT molecular complexity index is 294. The minimum atomic E-state index is -1.40. The van der Waals surface area contributed by atoms with Crippen molar-refractivity contribution in [2.45, 2.75) is 6.42 Å². The van der Waals surface area contributed by atoms with Gasteiger partial charge in [0, 0.05) is 11.8 Å². The number of carbonyl (C=O) groups is 2. The van der Waals surface area contributed by atoms with Crippen molar-refractivity contribution in [3.05, 3.63) is 16.6 Å². The van der Waals surface area contributed by atoms with E-state index in [1.807, 2.05) is 0 Å². The molecule has 2 N–H and O–H groups in total. The third-order valence-electron chi connectivity index (χ3n) is 1.49. The van der Waals surface area contributed by atoms with E-state index in [-0.39, 0.29) is 6.42 Å². The number of aliphatic carboxylic acids is 2. The van der Waals surface area contributed by atoms with Gasteiger partial charge in [0.1, 0.15) is 0 Å². The Hall–Kier alpha value is -1.43. The Morgan fingerprint density at radius 1 is 1.46 bits per heavy atom. The van der Waals surface area contributed by atoms with Crippen LogP contribution in [0.4, 0.5) is 0 Å². The molecule has 0 atom stereocenters. The van der Waals surface area contributed by atoms with E-state index < -0.39 is 17.9 Å². The Morgan fingerprint density at radius 3 is 2.46 bits per heavy atom. The predicted octanol–water partition coefficient (Wildman–Crippen LogP) is 0.471. The maximum absolute atomic E-state index is 10.5. The topological polar surface area (TPSA) is 87.5 Å². The number of hydrogen-bond donors (Lipinski definition) is 2. The van der Waals surface area contributed by atoms with Crippen LogP contribution in [0.2, 0.25) is 0 Å². The first-order chi connectivity index (χ1) is 6.11. The molecule has 0 spiro atoms. The lowest BCUT2D eigenvalue weighted by Crippen LogP contribution is -2.25. The van der Waals surface area contributed by atoms with Crippen LogP contribution in [0.25, 0.3) is 0 Å². The Morgan fingerprint density at radius 2 is 2.08 bits per heavy atom. The summed E-state index contributed by atoms with van der Waals surface area (Å²) in [4.78, 5) is 24.7. The quantitative estimate of drug-likeness (QED) is 0.691. The largest absolute Gasteiger partial charge is 0.481 e. The first kappa shape index (κ1) is 9.66. The van der Waals surface area contributed by atoms with E-state index in [4.69, 9.17) is 10.2 Å². The summed E-state index contributed by atoms with van der Waals surface area (Å²) in [6.45, 7) is 0. The van der Waals surface area contributed by atoms with Crippen LogP contribution in [-0.2, 0) is 16.0 Å². The minimum Gasteiger partial charge on any atom is -0.481 e. The molecule has 0 fully saturated rings. The first-order valence-electron chi connectivity index (χ1n) is 3.44. The molecule has 13 heavy (non-hydrogen) atoms. The maximum atomic E-state index is 10.5. The predicted molar refractivity (Wildman–Crippen MR) is 44.6 cm³/mol. The van der Waals surface area contributed by atoms with Crippen molar-refractivity contribution in [3.8, 4) is 0 Å². The number of rotatable bonds is 4. The van der Waals surface area contributed by atoms with Gasteiger partial charge in [-0.2, -0.15) is 0 Å². The van der Waals surface area contributed by atoms with E-state index in [0.717, 1.165) is 0 Å². The van der Waals surface area contributed by atoms with Crippen LogP contribution >= 0.6 is 11.3 Å². The zero-order chi connectivity index (χ0) is 9.84. The Labute approximate surface area is 77.7 Å².